The van der Waals surface area contributed by atoms with Gasteiger partial charge in [-0.15, -0.1) is 0 Å². The molecule has 0 aromatic heterocycles. The van der Waals surface area contributed by atoms with Crippen LogP contribution in [0.15, 0.2) is 36.4 Å². The van der Waals surface area contributed by atoms with Crippen LogP contribution in [0, 0.1) is 10.1 Å². The zero-order chi connectivity index (χ0) is 15.9. The molecule has 1 aliphatic carbocycles. The molecule has 0 unspecified atom stereocenters. The van der Waals surface area contributed by atoms with Gasteiger partial charge in [0.25, 0.3) is 5.69 Å². The molecule has 0 spiro atoms. The number of amides is 1. The Kier molecular flexibility index (Phi) is 3.29. The Balaban J connectivity index is 2.01. The molecular formula is C16H13N2O4-. The SMILES string of the molecule is CCN(C(=O)[O-])c1ccc2c(c1)Cc1cc([N+](=O)[O-])ccc1-2. The molecule has 1 aliphatic rings. The van der Waals surface area contributed by atoms with Crippen molar-refractivity contribution >= 4 is 17.5 Å². The lowest BCUT2D eigenvalue weighted by atomic mass is 10.0. The molecule has 0 saturated carbocycles. The van der Waals surface area contributed by atoms with Gasteiger partial charge in [-0.1, -0.05) is 6.07 Å². The van der Waals surface area contributed by atoms with E-state index in [2.05, 4.69) is 0 Å². The Morgan fingerprint density at radius 3 is 2.41 bits per heavy atom. The third-order valence-electron chi connectivity index (χ3n) is 3.91. The first-order valence-corrected chi connectivity index (χ1v) is 6.90. The van der Waals surface area contributed by atoms with E-state index < -0.39 is 11.0 Å². The average Bonchev–Trinajstić information content (AvgIpc) is 2.84. The summed E-state index contributed by atoms with van der Waals surface area (Å²) in [6, 6.07) is 10.2. The van der Waals surface area contributed by atoms with Crippen molar-refractivity contribution in [3.63, 3.8) is 0 Å². The first-order chi connectivity index (χ1) is 10.5. The third-order valence-corrected chi connectivity index (χ3v) is 3.91. The number of carbonyl (C=O) groups is 1. The summed E-state index contributed by atoms with van der Waals surface area (Å²) in [6.45, 7) is 2.04. The lowest BCUT2D eigenvalue weighted by Crippen LogP contribution is -2.41. The van der Waals surface area contributed by atoms with Crippen LogP contribution in [0.5, 0.6) is 0 Å². The minimum Gasteiger partial charge on any atom is -0.530 e. The highest BCUT2D eigenvalue weighted by Crippen LogP contribution is 2.39. The number of nitro groups is 1. The number of fused-ring (bicyclic) bond motifs is 3. The largest absolute Gasteiger partial charge is 0.530 e. The number of nitrogens with zero attached hydrogens (tertiary/aromatic N) is 2. The van der Waals surface area contributed by atoms with Crippen molar-refractivity contribution in [1.82, 2.24) is 0 Å². The predicted molar refractivity (Wildman–Crippen MR) is 79.8 cm³/mol. The first-order valence-electron chi connectivity index (χ1n) is 6.90. The molecule has 0 radical (unpaired) electrons. The lowest BCUT2D eigenvalue weighted by Gasteiger charge is -2.24. The van der Waals surface area contributed by atoms with E-state index >= 15 is 0 Å². The normalized spacial score (nSPS) is 11.7. The summed E-state index contributed by atoms with van der Waals surface area (Å²) in [5, 5.41) is 22.0. The van der Waals surface area contributed by atoms with Crippen molar-refractivity contribution in [3.8, 4) is 11.1 Å². The molecule has 0 fully saturated rings. The number of anilines is 1. The Bertz CT molecular complexity index is 786. The molecule has 0 atom stereocenters. The molecule has 22 heavy (non-hydrogen) atoms. The quantitative estimate of drug-likeness (QED) is 0.548. The zero-order valence-corrected chi connectivity index (χ0v) is 11.9. The van der Waals surface area contributed by atoms with Crippen molar-refractivity contribution in [2.24, 2.45) is 0 Å². The van der Waals surface area contributed by atoms with Crippen LogP contribution in [0.2, 0.25) is 0 Å². The van der Waals surface area contributed by atoms with Gasteiger partial charge in [0, 0.05) is 24.4 Å². The van der Waals surface area contributed by atoms with E-state index in [9.17, 15) is 20.0 Å². The summed E-state index contributed by atoms with van der Waals surface area (Å²) in [4.78, 5) is 22.7. The maximum atomic E-state index is 11.1. The summed E-state index contributed by atoms with van der Waals surface area (Å²) < 4.78 is 0. The van der Waals surface area contributed by atoms with Gasteiger partial charge in [0.15, 0.2) is 0 Å². The van der Waals surface area contributed by atoms with E-state index in [0.29, 0.717) is 18.7 Å². The highest BCUT2D eigenvalue weighted by molar-refractivity contribution is 5.87. The van der Waals surface area contributed by atoms with E-state index in [1.54, 1.807) is 31.2 Å². The van der Waals surface area contributed by atoms with Crippen LogP contribution in [-0.2, 0) is 6.42 Å². The number of non-ortho nitro benzene ring substituents is 1. The molecule has 0 saturated heterocycles. The second kappa shape index (κ2) is 5.14. The van der Waals surface area contributed by atoms with Crippen molar-refractivity contribution < 1.29 is 14.8 Å². The Hall–Kier alpha value is -2.89. The van der Waals surface area contributed by atoms with Crippen LogP contribution in [-0.4, -0.2) is 17.6 Å². The van der Waals surface area contributed by atoms with Crippen LogP contribution < -0.4 is 10.0 Å². The van der Waals surface area contributed by atoms with Gasteiger partial charge in [-0.3, -0.25) is 10.1 Å². The molecule has 0 bridgehead atoms. The number of hydrogen-bond acceptors (Lipinski definition) is 4. The van der Waals surface area contributed by atoms with E-state index in [1.165, 1.54) is 6.07 Å². The highest BCUT2D eigenvalue weighted by Gasteiger charge is 2.22. The maximum Gasteiger partial charge on any atom is 0.269 e. The molecule has 6 nitrogen and oxygen atoms in total. The molecule has 3 rings (SSSR count). The fraction of sp³-hybridized carbons (Fsp3) is 0.188. The van der Waals surface area contributed by atoms with Crippen LogP contribution in [0.3, 0.4) is 0 Å². The molecule has 112 valence electrons. The Morgan fingerprint density at radius 1 is 1.18 bits per heavy atom. The summed E-state index contributed by atoms with van der Waals surface area (Å²) >= 11 is 0. The fourth-order valence-electron chi connectivity index (χ4n) is 2.88. The van der Waals surface area contributed by atoms with Gasteiger partial charge >= 0.3 is 0 Å². The van der Waals surface area contributed by atoms with Crippen LogP contribution in [0.1, 0.15) is 18.1 Å². The monoisotopic (exact) mass is 297 g/mol. The summed E-state index contributed by atoms with van der Waals surface area (Å²) in [5.74, 6) is 0. The number of hydrogen-bond donors (Lipinski definition) is 0. The molecule has 6 heteroatoms. The topological polar surface area (TPSA) is 86.5 Å². The fourth-order valence-corrected chi connectivity index (χ4v) is 2.88. The molecule has 2 aromatic carbocycles. The van der Waals surface area contributed by atoms with Crippen molar-refractivity contribution in [2.45, 2.75) is 13.3 Å². The van der Waals surface area contributed by atoms with Gasteiger partial charge in [0.05, 0.1) is 4.92 Å². The maximum absolute atomic E-state index is 11.1. The zero-order valence-electron chi connectivity index (χ0n) is 11.9. The number of carbonyl (C=O) groups excluding carboxylic acids is 1. The molecule has 2 aromatic rings. The van der Waals surface area contributed by atoms with E-state index in [1.807, 2.05) is 6.07 Å². The minimum absolute atomic E-state index is 0.0664. The standard InChI is InChI=1S/C16H14N2O4/c1-2-17(16(19)20)12-3-5-14-10(8-12)7-11-9-13(18(21)22)4-6-15(11)14/h3-6,8-9H,2,7H2,1H3,(H,19,20)/p-1. The predicted octanol–water partition coefficient (Wildman–Crippen LogP) is 2.34. The van der Waals surface area contributed by atoms with Crippen molar-refractivity contribution in [2.75, 3.05) is 11.4 Å². The van der Waals surface area contributed by atoms with Crippen LogP contribution in [0.4, 0.5) is 16.2 Å². The molecule has 0 N–H and O–H groups in total. The first kappa shape index (κ1) is 14.1. The molecule has 1 amide bonds. The number of rotatable bonds is 3. The van der Waals surface area contributed by atoms with Gasteiger partial charge in [-0.05, 0) is 53.8 Å². The smallest absolute Gasteiger partial charge is 0.269 e. The lowest BCUT2D eigenvalue weighted by molar-refractivity contribution is -0.384. The second-order valence-electron chi connectivity index (χ2n) is 5.13. The number of carboxylic acid groups (broad SMARTS) is 1. The van der Waals surface area contributed by atoms with E-state index in [-0.39, 0.29) is 5.69 Å². The number of benzene rings is 2. The third kappa shape index (κ3) is 2.18. The van der Waals surface area contributed by atoms with Gasteiger partial charge in [-0.2, -0.15) is 0 Å². The Labute approximate surface area is 126 Å². The second-order valence-corrected chi connectivity index (χ2v) is 5.13. The summed E-state index contributed by atoms with van der Waals surface area (Å²) in [7, 11) is 0. The minimum atomic E-state index is -1.24. The summed E-state index contributed by atoms with van der Waals surface area (Å²) in [5.41, 5.74) is 4.43. The van der Waals surface area contributed by atoms with Crippen LogP contribution >= 0.6 is 0 Å². The number of nitro benzene ring substituents is 1. The van der Waals surface area contributed by atoms with Crippen LogP contribution in [0.25, 0.3) is 11.1 Å². The van der Waals surface area contributed by atoms with E-state index in [4.69, 9.17) is 0 Å². The van der Waals surface area contributed by atoms with Crippen molar-refractivity contribution in [3.05, 3.63) is 57.6 Å². The Morgan fingerprint density at radius 2 is 1.82 bits per heavy atom. The van der Waals surface area contributed by atoms with Crippen molar-refractivity contribution in [1.29, 1.82) is 0 Å². The summed E-state index contributed by atoms with van der Waals surface area (Å²) in [6.07, 6.45) is -0.682. The van der Waals surface area contributed by atoms with Gasteiger partial charge in [0.1, 0.15) is 6.09 Å². The van der Waals surface area contributed by atoms with Gasteiger partial charge < -0.3 is 14.8 Å². The molecule has 0 heterocycles. The van der Waals surface area contributed by atoms with E-state index in [0.717, 1.165) is 27.2 Å². The molecular weight excluding hydrogens is 284 g/mol. The van der Waals surface area contributed by atoms with Gasteiger partial charge in [0.2, 0.25) is 0 Å². The highest BCUT2D eigenvalue weighted by atomic mass is 16.6. The van der Waals surface area contributed by atoms with Gasteiger partial charge in [-0.25, -0.2) is 0 Å². The average molecular weight is 297 g/mol. The molecule has 0 aliphatic heterocycles.